The number of nitrogens with one attached hydrogen (secondary N) is 1. The summed E-state index contributed by atoms with van der Waals surface area (Å²) in [5.74, 6) is 0.845. The highest BCUT2D eigenvalue weighted by Gasteiger charge is 2.20. The van der Waals surface area contributed by atoms with Crippen molar-refractivity contribution in [3.8, 4) is 0 Å². The average molecular weight is 228 g/mol. The lowest BCUT2D eigenvalue weighted by Gasteiger charge is -2.33. The second-order valence-corrected chi connectivity index (χ2v) is 5.81. The zero-order chi connectivity index (χ0) is 12.0. The maximum Gasteiger partial charge on any atom is 0.0990 e. The molecular weight excluding hydrogens is 200 g/mol. The monoisotopic (exact) mass is 228 g/mol. The Labute approximate surface area is 101 Å². The second-order valence-electron chi connectivity index (χ2n) is 5.81. The summed E-state index contributed by atoms with van der Waals surface area (Å²) in [6, 6.07) is 0. The van der Waals surface area contributed by atoms with Crippen molar-refractivity contribution >= 4 is 0 Å². The summed E-state index contributed by atoms with van der Waals surface area (Å²) in [4.78, 5) is 2.41. The Morgan fingerprint density at radius 3 is 2.38 bits per heavy atom. The Hall–Kier alpha value is -0.120. The summed E-state index contributed by atoms with van der Waals surface area (Å²) < 4.78 is 5.43. The fourth-order valence-corrected chi connectivity index (χ4v) is 1.99. The molecule has 16 heavy (non-hydrogen) atoms. The van der Waals surface area contributed by atoms with E-state index in [1.807, 2.05) is 0 Å². The summed E-state index contributed by atoms with van der Waals surface area (Å²) in [5, 5.41) is 3.60. The molecule has 0 aromatic carbocycles. The van der Waals surface area contributed by atoms with Gasteiger partial charge in [0.2, 0.25) is 0 Å². The summed E-state index contributed by atoms with van der Waals surface area (Å²) >= 11 is 0. The molecule has 1 heterocycles. The minimum Gasteiger partial charge on any atom is -0.366 e. The van der Waals surface area contributed by atoms with E-state index in [1.165, 1.54) is 25.9 Å². The molecule has 0 radical (unpaired) electrons. The van der Waals surface area contributed by atoms with E-state index in [0.29, 0.717) is 0 Å². The predicted molar refractivity (Wildman–Crippen MR) is 68.5 cm³/mol. The molecule has 0 aromatic heterocycles. The van der Waals surface area contributed by atoms with Crippen molar-refractivity contribution in [2.75, 3.05) is 33.0 Å². The van der Waals surface area contributed by atoms with Gasteiger partial charge in [0, 0.05) is 25.2 Å². The summed E-state index contributed by atoms with van der Waals surface area (Å²) in [5.41, 5.74) is 0.252. The predicted octanol–water partition coefficient (Wildman–Crippen LogP) is 2.08. The van der Waals surface area contributed by atoms with Crippen molar-refractivity contribution in [3.63, 3.8) is 0 Å². The number of hydrogen-bond acceptors (Lipinski definition) is 3. The van der Waals surface area contributed by atoms with E-state index in [0.717, 1.165) is 25.8 Å². The number of hydrogen-bond donors (Lipinski definition) is 1. The molecule has 0 aromatic rings. The lowest BCUT2D eigenvalue weighted by molar-refractivity contribution is 0.0162. The summed E-state index contributed by atoms with van der Waals surface area (Å²) in [6.45, 7) is 13.9. The van der Waals surface area contributed by atoms with E-state index in [2.05, 4.69) is 37.9 Å². The Morgan fingerprint density at radius 2 is 1.88 bits per heavy atom. The molecule has 96 valence electrons. The van der Waals surface area contributed by atoms with Crippen LogP contribution >= 0.6 is 0 Å². The van der Waals surface area contributed by atoms with Gasteiger partial charge >= 0.3 is 0 Å². The van der Waals surface area contributed by atoms with Crippen LogP contribution in [0, 0.1) is 5.92 Å². The first kappa shape index (κ1) is 13.9. The van der Waals surface area contributed by atoms with Gasteiger partial charge in [-0.05, 0) is 53.0 Å². The molecule has 3 heteroatoms. The van der Waals surface area contributed by atoms with Crippen LogP contribution in [-0.2, 0) is 4.74 Å². The number of likely N-dealkylation sites (tertiary alicyclic amines) is 1. The van der Waals surface area contributed by atoms with Gasteiger partial charge in [0.25, 0.3) is 0 Å². The number of piperidine rings is 1. The normalized spacial score (nSPS) is 20.2. The molecule has 0 aliphatic carbocycles. The number of nitrogens with zero attached hydrogens (tertiary/aromatic N) is 1. The van der Waals surface area contributed by atoms with Crippen LogP contribution in [0.15, 0.2) is 0 Å². The molecular formula is C13H28N2O. The van der Waals surface area contributed by atoms with Crippen LogP contribution in [0.25, 0.3) is 0 Å². The average Bonchev–Trinajstić information content (AvgIpc) is 2.24. The third kappa shape index (κ3) is 5.83. The lowest BCUT2D eigenvalue weighted by Crippen LogP contribution is -2.43. The first-order chi connectivity index (χ1) is 7.51. The quantitative estimate of drug-likeness (QED) is 0.780. The van der Waals surface area contributed by atoms with Crippen LogP contribution < -0.4 is 5.32 Å². The van der Waals surface area contributed by atoms with E-state index in [9.17, 15) is 0 Å². The van der Waals surface area contributed by atoms with Gasteiger partial charge in [-0.15, -0.1) is 0 Å². The van der Waals surface area contributed by atoms with E-state index in [-0.39, 0.29) is 5.54 Å². The van der Waals surface area contributed by atoms with E-state index < -0.39 is 0 Å². The SMILES string of the molecule is CCOCN1CCC(CNC(C)(C)C)CC1. The zero-order valence-electron chi connectivity index (χ0n) is 11.4. The van der Waals surface area contributed by atoms with Gasteiger partial charge in [-0.1, -0.05) is 0 Å². The van der Waals surface area contributed by atoms with E-state index >= 15 is 0 Å². The molecule has 3 nitrogen and oxygen atoms in total. The van der Waals surface area contributed by atoms with Gasteiger partial charge < -0.3 is 10.1 Å². The van der Waals surface area contributed by atoms with Gasteiger partial charge in [0.1, 0.15) is 0 Å². The molecule has 0 atom stereocenters. The standard InChI is InChI=1S/C13H28N2O/c1-5-16-11-15-8-6-12(7-9-15)10-14-13(2,3)4/h12,14H,5-11H2,1-4H3. The highest BCUT2D eigenvalue weighted by atomic mass is 16.5. The maximum atomic E-state index is 5.43. The van der Waals surface area contributed by atoms with Gasteiger partial charge in [-0.2, -0.15) is 0 Å². The van der Waals surface area contributed by atoms with E-state index in [1.54, 1.807) is 0 Å². The van der Waals surface area contributed by atoms with Crippen molar-refractivity contribution in [1.82, 2.24) is 10.2 Å². The third-order valence-electron chi connectivity index (χ3n) is 3.11. The summed E-state index contributed by atoms with van der Waals surface area (Å²) in [6.07, 6.45) is 2.60. The van der Waals surface area contributed by atoms with Crippen molar-refractivity contribution in [1.29, 1.82) is 0 Å². The molecule has 1 aliphatic rings. The first-order valence-electron chi connectivity index (χ1n) is 6.56. The fourth-order valence-electron chi connectivity index (χ4n) is 1.99. The van der Waals surface area contributed by atoms with Crippen LogP contribution in [-0.4, -0.2) is 43.4 Å². The van der Waals surface area contributed by atoms with Crippen LogP contribution in [0.1, 0.15) is 40.5 Å². The van der Waals surface area contributed by atoms with Crippen LogP contribution in [0.2, 0.25) is 0 Å². The van der Waals surface area contributed by atoms with Crippen LogP contribution in [0.3, 0.4) is 0 Å². The fraction of sp³-hybridized carbons (Fsp3) is 1.00. The van der Waals surface area contributed by atoms with Crippen LogP contribution in [0.4, 0.5) is 0 Å². The third-order valence-corrected chi connectivity index (χ3v) is 3.11. The molecule has 1 N–H and O–H groups in total. The molecule has 1 fully saturated rings. The molecule has 0 bridgehead atoms. The van der Waals surface area contributed by atoms with Crippen molar-refractivity contribution < 1.29 is 4.74 Å². The smallest absolute Gasteiger partial charge is 0.0990 e. The lowest BCUT2D eigenvalue weighted by atomic mass is 9.96. The second kappa shape index (κ2) is 6.58. The Kier molecular flexibility index (Phi) is 5.73. The van der Waals surface area contributed by atoms with Crippen molar-refractivity contribution in [2.45, 2.75) is 46.1 Å². The molecule has 1 aliphatic heterocycles. The van der Waals surface area contributed by atoms with Gasteiger partial charge in [0.15, 0.2) is 0 Å². The van der Waals surface area contributed by atoms with Crippen molar-refractivity contribution in [3.05, 3.63) is 0 Å². The molecule has 1 saturated heterocycles. The van der Waals surface area contributed by atoms with Crippen molar-refractivity contribution in [2.24, 2.45) is 5.92 Å². The molecule has 0 saturated carbocycles. The minimum atomic E-state index is 0.252. The van der Waals surface area contributed by atoms with Crippen LogP contribution in [0.5, 0.6) is 0 Å². The van der Waals surface area contributed by atoms with Gasteiger partial charge in [-0.25, -0.2) is 0 Å². The molecule has 0 spiro atoms. The Balaban J connectivity index is 2.12. The van der Waals surface area contributed by atoms with Gasteiger partial charge in [0.05, 0.1) is 6.73 Å². The highest BCUT2D eigenvalue weighted by molar-refractivity contribution is 4.77. The summed E-state index contributed by atoms with van der Waals surface area (Å²) in [7, 11) is 0. The Bertz CT molecular complexity index is 181. The number of ether oxygens (including phenoxy) is 1. The largest absolute Gasteiger partial charge is 0.366 e. The van der Waals surface area contributed by atoms with E-state index in [4.69, 9.17) is 4.74 Å². The maximum absolute atomic E-state index is 5.43. The van der Waals surface area contributed by atoms with Gasteiger partial charge in [-0.3, -0.25) is 4.90 Å². The minimum absolute atomic E-state index is 0.252. The molecule has 0 unspecified atom stereocenters. The molecule has 1 rings (SSSR count). The first-order valence-corrected chi connectivity index (χ1v) is 6.56. The topological polar surface area (TPSA) is 24.5 Å². The molecule has 0 amide bonds. The Morgan fingerprint density at radius 1 is 1.25 bits per heavy atom. The zero-order valence-corrected chi connectivity index (χ0v) is 11.4. The highest BCUT2D eigenvalue weighted by Crippen LogP contribution is 2.17. The number of rotatable bonds is 5.